The van der Waals surface area contributed by atoms with Gasteiger partial charge in [0.15, 0.2) is 0 Å². The lowest BCUT2D eigenvalue weighted by Crippen LogP contribution is -2.42. The van der Waals surface area contributed by atoms with Gasteiger partial charge in [-0.1, -0.05) is 30.3 Å². The van der Waals surface area contributed by atoms with E-state index in [0.717, 1.165) is 4.88 Å². The molecule has 1 aromatic heterocycles. The van der Waals surface area contributed by atoms with Gasteiger partial charge >= 0.3 is 0 Å². The van der Waals surface area contributed by atoms with Crippen LogP contribution in [0.1, 0.15) is 30.3 Å². The molecule has 1 N–H and O–H groups in total. The minimum absolute atomic E-state index is 0.216. The van der Waals surface area contributed by atoms with Gasteiger partial charge in [-0.15, -0.1) is 11.3 Å². The number of likely N-dealkylation sites (N-methyl/N-ethyl adjacent to an activating group) is 1. The first-order valence-electron chi connectivity index (χ1n) is 7.81. The van der Waals surface area contributed by atoms with Crippen LogP contribution in [0.15, 0.2) is 46.7 Å². The number of hydrogen-bond donors (Lipinski definition) is 1. The van der Waals surface area contributed by atoms with Crippen molar-refractivity contribution in [1.29, 1.82) is 0 Å². The Kier molecular flexibility index (Phi) is 6.15. The van der Waals surface area contributed by atoms with Crippen molar-refractivity contribution in [3.05, 3.63) is 52.9 Å². The maximum atomic E-state index is 12.8. The van der Waals surface area contributed by atoms with Crippen molar-refractivity contribution >= 4 is 27.3 Å². The number of amides is 1. The molecular formula is C17H22N2O3S2. The smallest absolute Gasteiger partial charge is 0.251 e. The third-order valence-electron chi connectivity index (χ3n) is 3.71. The molecule has 7 heteroatoms. The van der Waals surface area contributed by atoms with Gasteiger partial charge in [-0.25, -0.2) is 8.42 Å². The fourth-order valence-electron chi connectivity index (χ4n) is 2.39. The molecule has 2 aromatic rings. The second-order valence-electron chi connectivity index (χ2n) is 5.34. The summed E-state index contributed by atoms with van der Waals surface area (Å²) in [6.07, 6.45) is 0. The first-order chi connectivity index (χ1) is 11.4. The number of carbonyl (C=O) groups is 1. The average molecular weight is 367 g/mol. The highest BCUT2D eigenvalue weighted by Gasteiger charge is 2.30. The number of sulfonamides is 1. The molecule has 5 nitrogen and oxygen atoms in total. The zero-order valence-electron chi connectivity index (χ0n) is 14.0. The molecule has 0 saturated heterocycles. The maximum absolute atomic E-state index is 12.8. The first-order valence-corrected chi connectivity index (χ1v) is 10.1. The van der Waals surface area contributed by atoms with Crippen LogP contribution < -0.4 is 4.72 Å². The monoisotopic (exact) mass is 366 g/mol. The van der Waals surface area contributed by atoms with Gasteiger partial charge in [0.25, 0.3) is 10.0 Å². The van der Waals surface area contributed by atoms with E-state index in [1.807, 2.05) is 26.8 Å². The number of carbonyl (C=O) groups excluding carboxylic acids is 1. The number of aryl methyl sites for hydroxylation is 1. The standard InChI is InChI=1S/C17H22N2O3S2/c1-4-19(5-2)17(20)16(14-9-7-6-8-10-14)18-24(21,22)15-12-11-13(3)23-15/h6-12,16,18H,4-5H2,1-3H3/t16-/m0/s1. The van der Waals surface area contributed by atoms with Crippen LogP contribution in [0.4, 0.5) is 0 Å². The van der Waals surface area contributed by atoms with Crippen molar-refractivity contribution in [3.8, 4) is 0 Å². The summed E-state index contributed by atoms with van der Waals surface area (Å²) >= 11 is 1.19. The molecule has 0 spiro atoms. The summed E-state index contributed by atoms with van der Waals surface area (Å²) in [7, 11) is -3.76. The quantitative estimate of drug-likeness (QED) is 0.819. The molecule has 1 amide bonds. The van der Waals surface area contributed by atoms with Crippen molar-refractivity contribution in [2.75, 3.05) is 13.1 Å². The zero-order valence-corrected chi connectivity index (χ0v) is 15.7. The molecule has 0 aliphatic rings. The van der Waals surface area contributed by atoms with Gasteiger partial charge in [0.1, 0.15) is 10.3 Å². The molecule has 0 saturated carbocycles. The van der Waals surface area contributed by atoms with Gasteiger partial charge in [-0.3, -0.25) is 4.79 Å². The number of nitrogens with zero attached hydrogens (tertiary/aromatic N) is 1. The van der Waals surface area contributed by atoms with Crippen LogP contribution in [-0.2, 0) is 14.8 Å². The number of benzene rings is 1. The molecule has 0 aliphatic heterocycles. The van der Waals surface area contributed by atoms with Gasteiger partial charge in [0, 0.05) is 18.0 Å². The average Bonchev–Trinajstić information content (AvgIpc) is 3.02. The van der Waals surface area contributed by atoms with E-state index in [9.17, 15) is 13.2 Å². The minimum atomic E-state index is -3.76. The summed E-state index contributed by atoms with van der Waals surface area (Å²) in [6, 6.07) is 11.3. The van der Waals surface area contributed by atoms with Crippen LogP contribution in [-0.4, -0.2) is 32.3 Å². The molecule has 0 aliphatic carbocycles. The Bertz CT molecular complexity index is 781. The van der Waals surface area contributed by atoms with Crippen molar-refractivity contribution in [2.24, 2.45) is 0 Å². The van der Waals surface area contributed by atoms with Crippen molar-refractivity contribution < 1.29 is 13.2 Å². The first kappa shape index (κ1) is 18.6. The molecule has 0 unspecified atom stereocenters. The van der Waals surface area contributed by atoms with Crippen molar-refractivity contribution in [3.63, 3.8) is 0 Å². The molecule has 2 rings (SSSR count). The Labute approximate surface area is 147 Å². The molecule has 0 radical (unpaired) electrons. The van der Waals surface area contributed by atoms with Gasteiger partial charge < -0.3 is 4.90 Å². The van der Waals surface area contributed by atoms with Crippen LogP contribution in [0.5, 0.6) is 0 Å². The SMILES string of the molecule is CCN(CC)C(=O)[C@@H](NS(=O)(=O)c1ccc(C)s1)c1ccccc1. The normalized spacial score (nSPS) is 12.8. The Morgan fingerprint density at radius 3 is 2.25 bits per heavy atom. The lowest BCUT2D eigenvalue weighted by atomic mass is 10.1. The minimum Gasteiger partial charge on any atom is -0.342 e. The molecular weight excluding hydrogens is 344 g/mol. The van der Waals surface area contributed by atoms with E-state index in [1.165, 1.54) is 11.3 Å². The summed E-state index contributed by atoms with van der Waals surface area (Å²) in [5.74, 6) is -0.247. The van der Waals surface area contributed by atoms with E-state index in [-0.39, 0.29) is 10.1 Å². The largest absolute Gasteiger partial charge is 0.342 e. The second-order valence-corrected chi connectivity index (χ2v) is 8.57. The van der Waals surface area contributed by atoms with E-state index in [1.54, 1.807) is 41.3 Å². The predicted octanol–water partition coefficient (Wildman–Crippen LogP) is 2.94. The second kappa shape index (κ2) is 7.92. The summed E-state index contributed by atoms with van der Waals surface area (Å²) in [4.78, 5) is 15.4. The lowest BCUT2D eigenvalue weighted by molar-refractivity contribution is -0.132. The Balaban J connectivity index is 2.38. The van der Waals surface area contributed by atoms with Crippen molar-refractivity contribution in [1.82, 2.24) is 9.62 Å². The Morgan fingerprint density at radius 1 is 1.12 bits per heavy atom. The maximum Gasteiger partial charge on any atom is 0.251 e. The van der Waals surface area contributed by atoms with Crippen LogP contribution in [0, 0.1) is 6.92 Å². The Hall–Kier alpha value is -1.70. The molecule has 24 heavy (non-hydrogen) atoms. The molecule has 1 aromatic carbocycles. The van der Waals surface area contributed by atoms with Crippen LogP contribution >= 0.6 is 11.3 Å². The van der Waals surface area contributed by atoms with E-state index in [2.05, 4.69) is 4.72 Å². The molecule has 1 atom stereocenters. The number of hydrogen-bond acceptors (Lipinski definition) is 4. The summed E-state index contributed by atoms with van der Waals surface area (Å²) in [5, 5.41) is 0. The molecule has 0 bridgehead atoms. The molecule has 0 fully saturated rings. The van der Waals surface area contributed by atoms with Gasteiger partial charge in [-0.05, 0) is 38.5 Å². The van der Waals surface area contributed by atoms with Gasteiger partial charge in [0.05, 0.1) is 0 Å². The molecule has 130 valence electrons. The summed E-state index contributed by atoms with van der Waals surface area (Å²) in [6.45, 7) is 6.65. The van der Waals surface area contributed by atoms with Gasteiger partial charge in [-0.2, -0.15) is 4.72 Å². The van der Waals surface area contributed by atoms with Crippen LogP contribution in [0.25, 0.3) is 0 Å². The summed E-state index contributed by atoms with van der Waals surface area (Å²) < 4.78 is 28.1. The van der Waals surface area contributed by atoms with Crippen LogP contribution in [0.3, 0.4) is 0 Å². The fraction of sp³-hybridized carbons (Fsp3) is 0.353. The zero-order chi connectivity index (χ0) is 17.7. The number of nitrogens with one attached hydrogen (secondary N) is 1. The summed E-state index contributed by atoms with van der Waals surface area (Å²) in [5.41, 5.74) is 0.631. The van der Waals surface area contributed by atoms with E-state index in [4.69, 9.17) is 0 Å². The molecule has 1 heterocycles. The van der Waals surface area contributed by atoms with Crippen LogP contribution in [0.2, 0.25) is 0 Å². The highest BCUT2D eigenvalue weighted by Crippen LogP contribution is 2.24. The highest BCUT2D eigenvalue weighted by atomic mass is 32.2. The van der Waals surface area contributed by atoms with E-state index in [0.29, 0.717) is 18.7 Å². The third kappa shape index (κ3) is 4.23. The highest BCUT2D eigenvalue weighted by molar-refractivity contribution is 7.91. The topological polar surface area (TPSA) is 66.5 Å². The third-order valence-corrected chi connectivity index (χ3v) is 6.62. The van der Waals surface area contributed by atoms with Gasteiger partial charge in [0.2, 0.25) is 5.91 Å². The fourth-order valence-corrected chi connectivity index (χ4v) is 4.87. The number of thiophene rings is 1. The lowest BCUT2D eigenvalue weighted by Gasteiger charge is -2.25. The van der Waals surface area contributed by atoms with E-state index < -0.39 is 16.1 Å². The van der Waals surface area contributed by atoms with E-state index >= 15 is 0 Å². The van der Waals surface area contributed by atoms with Crippen molar-refractivity contribution in [2.45, 2.75) is 31.0 Å². The number of rotatable bonds is 7. The predicted molar refractivity (Wildman–Crippen MR) is 96.5 cm³/mol. The Morgan fingerprint density at radius 2 is 1.75 bits per heavy atom.